The van der Waals surface area contributed by atoms with Gasteiger partial charge in [0.05, 0.1) is 16.4 Å². The van der Waals surface area contributed by atoms with E-state index >= 15 is 0 Å². The molecule has 0 saturated heterocycles. The Morgan fingerprint density at radius 2 is 0.837 bits per heavy atom. The van der Waals surface area contributed by atoms with Gasteiger partial charge in [0, 0.05) is 10.8 Å². The highest BCUT2D eigenvalue weighted by Gasteiger charge is 2.19. The highest BCUT2D eigenvalue weighted by atomic mass is 16.3. The van der Waals surface area contributed by atoms with Gasteiger partial charge in [-0.3, -0.25) is 0 Å². The third kappa shape index (κ3) is 4.47. The minimum Gasteiger partial charge on any atom is -0.456 e. The lowest BCUT2D eigenvalue weighted by molar-refractivity contribution is 0.669. The Morgan fingerprint density at radius 1 is 0.347 bits per heavy atom. The molecule has 0 atom stereocenters. The second kappa shape index (κ2) is 11.1. The second-order valence-electron chi connectivity index (χ2n) is 11.8. The van der Waals surface area contributed by atoms with Crippen LogP contribution in [0.4, 0.5) is 0 Å². The molecule has 0 radical (unpaired) electrons. The molecule has 0 N–H and O–H groups in total. The topological polar surface area (TPSA) is 13.1 Å². The van der Waals surface area contributed by atoms with Crippen LogP contribution in [0.25, 0.3) is 98.8 Å². The fourth-order valence-electron chi connectivity index (χ4n) is 6.83. The number of furan rings is 1. The summed E-state index contributed by atoms with van der Waals surface area (Å²) in [6, 6.07) is 29.1. The van der Waals surface area contributed by atoms with Crippen LogP contribution in [0.2, 0.25) is 0 Å². The molecular weight excluding hydrogens is 593 g/mol. The average Bonchev–Trinajstić information content (AvgIpc) is 3.70. The van der Waals surface area contributed by atoms with Crippen molar-refractivity contribution < 1.29 is 20.9 Å². The van der Waals surface area contributed by atoms with Crippen molar-refractivity contribution >= 4 is 54.3 Å². The van der Waals surface area contributed by atoms with Crippen molar-refractivity contribution in [3.8, 4) is 44.5 Å². The van der Waals surface area contributed by atoms with Crippen LogP contribution in [-0.2, 0) is 0 Å². The van der Waals surface area contributed by atoms with E-state index in [4.69, 9.17) is 11.3 Å². The zero-order valence-electron chi connectivity index (χ0n) is 37.8. The SMILES string of the molecule is [2H]c1c([2H])c(-c2ccccc2)c(-c2ccccc2)c([2H])c1-c1c2ccccc2c(-c2c([2H])c([2H])c3oc4c([2H])c5c([2H])c([2H])c([2H])c([2H])c5c([2H])c4c3c2[2H])c2ccccc12. The van der Waals surface area contributed by atoms with Gasteiger partial charge in [-0.2, -0.15) is 0 Å². The van der Waals surface area contributed by atoms with E-state index in [1.165, 1.54) is 0 Å². The van der Waals surface area contributed by atoms with Crippen LogP contribution in [0.5, 0.6) is 0 Å². The smallest absolute Gasteiger partial charge is 0.136 e. The summed E-state index contributed by atoms with van der Waals surface area (Å²) in [6.07, 6.45) is 0. The zero-order valence-corrected chi connectivity index (χ0v) is 25.8. The molecule has 0 aliphatic rings. The van der Waals surface area contributed by atoms with Gasteiger partial charge in [-0.15, -0.1) is 0 Å². The number of hydrogen-bond acceptors (Lipinski definition) is 1. The van der Waals surface area contributed by atoms with E-state index < -0.39 is 42.3 Å². The largest absolute Gasteiger partial charge is 0.456 e. The van der Waals surface area contributed by atoms with Gasteiger partial charge in [0.2, 0.25) is 0 Å². The summed E-state index contributed by atoms with van der Waals surface area (Å²) in [6.45, 7) is 0. The molecule has 228 valence electrons. The van der Waals surface area contributed by atoms with Gasteiger partial charge in [-0.05, 0) is 107 Å². The Morgan fingerprint density at radius 3 is 1.45 bits per heavy atom. The van der Waals surface area contributed by atoms with Crippen LogP contribution < -0.4 is 0 Å². The van der Waals surface area contributed by atoms with Gasteiger partial charge < -0.3 is 4.42 Å². The van der Waals surface area contributed by atoms with Crippen molar-refractivity contribution in [2.75, 3.05) is 0 Å². The number of rotatable bonds is 4. The first-order chi connectivity index (χ1) is 29.3. The summed E-state index contributed by atoms with van der Waals surface area (Å²) in [7, 11) is 0. The third-order valence-corrected chi connectivity index (χ3v) is 9.00. The van der Waals surface area contributed by atoms with Gasteiger partial charge in [0.15, 0.2) is 0 Å². The predicted octanol–water partition coefficient (Wildman–Crippen LogP) is 13.7. The molecule has 0 amide bonds. The normalized spacial score (nSPS) is 15.1. The molecule has 9 aromatic carbocycles. The highest BCUT2D eigenvalue weighted by molar-refractivity contribution is 6.22. The molecule has 49 heavy (non-hydrogen) atoms. The van der Waals surface area contributed by atoms with E-state index in [0.717, 1.165) is 0 Å². The van der Waals surface area contributed by atoms with E-state index in [1.807, 2.05) is 97.1 Å². The van der Waals surface area contributed by atoms with Crippen LogP contribution in [0, 0.1) is 0 Å². The lowest BCUT2D eigenvalue weighted by Gasteiger charge is -2.19. The lowest BCUT2D eigenvalue weighted by atomic mass is 9.84. The monoisotopic (exact) mass is 634 g/mol. The standard InChI is InChI=1S/C48H30O/c1-3-13-31(14-4-1)37-25-23-35(28-42(37)32-15-5-2-6-16-32)47-38-19-9-11-21-40(38)48(41-22-12-10-20-39(41)47)36-24-26-45-43(29-36)44-27-33-17-7-8-18-34(33)30-46(44)49-45/h1-30H/i7D,8D,17D,18D,23D,24D,25D,26D,27D,28D,29D,30D. The Hall–Kier alpha value is -6.44. The summed E-state index contributed by atoms with van der Waals surface area (Å²) in [5.74, 6) is 0. The minimum absolute atomic E-state index is 0.0305. The second-order valence-corrected chi connectivity index (χ2v) is 11.8. The quantitative estimate of drug-likeness (QED) is 0.176. The number of hydrogen-bond donors (Lipinski definition) is 0. The first kappa shape index (κ1) is 18.2. The maximum absolute atomic E-state index is 9.93. The number of fused-ring (bicyclic) bond motifs is 6. The van der Waals surface area contributed by atoms with Gasteiger partial charge in [-0.25, -0.2) is 0 Å². The number of benzene rings is 9. The van der Waals surface area contributed by atoms with Gasteiger partial charge in [0.1, 0.15) is 11.2 Å². The summed E-state index contributed by atoms with van der Waals surface area (Å²) >= 11 is 0. The molecule has 0 aliphatic carbocycles. The highest BCUT2D eigenvalue weighted by Crippen LogP contribution is 2.46. The van der Waals surface area contributed by atoms with E-state index in [2.05, 4.69) is 0 Å². The van der Waals surface area contributed by atoms with Crippen molar-refractivity contribution in [2.24, 2.45) is 0 Å². The van der Waals surface area contributed by atoms with Crippen LogP contribution >= 0.6 is 0 Å². The molecule has 0 fully saturated rings. The molecule has 10 rings (SSSR count). The molecule has 1 heteroatoms. The van der Waals surface area contributed by atoms with Crippen molar-refractivity contribution in [3.05, 3.63) is 182 Å². The van der Waals surface area contributed by atoms with Crippen LogP contribution in [-0.4, -0.2) is 0 Å². The molecule has 10 aromatic rings. The predicted molar refractivity (Wildman–Crippen MR) is 208 cm³/mol. The zero-order chi connectivity index (χ0) is 42.8. The summed E-state index contributed by atoms with van der Waals surface area (Å²) in [5.41, 5.74) is 3.10. The van der Waals surface area contributed by atoms with Gasteiger partial charge in [0.25, 0.3) is 0 Å². The Labute approximate surface area is 301 Å². The van der Waals surface area contributed by atoms with Crippen LogP contribution in [0.1, 0.15) is 16.4 Å². The first-order valence-electron chi connectivity index (χ1n) is 21.9. The van der Waals surface area contributed by atoms with E-state index in [1.54, 1.807) is 12.1 Å². The van der Waals surface area contributed by atoms with Crippen molar-refractivity contribution in [1.82, 2.24) is 0 Å². The Balaban J connectivity index is 1.35. The molecule has 1 aromatic heterocycles. The van der Waals surface area contributed by atoms with Crippen LogP contribution in [0.15, 0.2) is 186 Å². The van der Waals surface area contributed by atoms with Crippen molar-refractivity contribution in [3.63, 3.8) is 0 Å². The minimum atomic E-state index is -0.577. The molecule has 1 nitrogen and oxygen atoms in total. The maximum atomic E-state index is 9.93. The molecule has 0 bridgehead atoms. The van der Waals surface area contributed by atoms with E-state index in [-0.39, 0.29) is 74.0 Å². The van der Waals surface area contributed by atoms with Crippen molar-refractivity contribution in [1.29, 1.82) is 0 Å². The lowest BCUT2D eigenvalue weighted by Crippen LogP contribution is -1.92. The first-order valence-corrected chi connectivity index (χ1v) is 15.9. The summed E-state index contributed by atoms with van der Waals surface area (Å²) in [4.78, 5) is 0. The molecule has 0 spiro atoms. The summed E-state index contributed by atoms with van der Waals surface area (Å²) < 4.78 is 116. The van der Waals surface area contributed by atoms with Crippen molar-refractivity contribution in [2.45, 2.75) is 0 Å². The Bertz CT molecular complexity index is 3490. The molecule has 0 unspecified atom stereocenters. The van der Waals surface area contributed by atoms with Crippen LogP contribution in [0.3, 0.4) is 0 Å². The molecule has 0 saturated carbocycles. The fraction of sp³-hybridized carbons (Fsp3) is 0. The third-order valence-electron chi connectivity index (χ3n) is 9.00. The average molecular weight is 635 g/mol. The van der Waals surface area contributed by atoms with Gasteiger partial charge >= 0.3 is 0 Å². The van der Waals surface area contributed by atoms with Gasteiger partial charge in [-0.1, -0.05) is 151 Å². The molecular formula is C48H30O. The Kier molecular flexibility index (Phi) is 4.11. The fourth-order valence-corrected chi connectivity index (χ4v) is 6.83. The molecule has 0 aliphatic heterocycles. The summed E-state index contributed by atoms with van der Waals surface area (Å²) in [5, 5.41) is 1.67. The molecule has 1 heterocycles. The van der Waals surface area contributed by atoms with E-state index in [0.29, 0.717) is 54.9 Å². The maximum Gasteiger partial charge on any atom is 0.136 e. The van der Waals surface area contributed by atoms with E-state index in [9.17, 15) is 9.60 Å².